The first kappa shape index (κ1) is 12.5. The number of furan rings is 1. The quantitative estimate of drug-likeness (QED) is 0.838. The summed E-state index contributed by atoms with van der Waals surface area (Å²) in [6.07, 6.45) is 4.53. The zero-order valence-electron chi connectivity index (χ0n) is 11.0. The molecule has 20 heavy (non-hydrogen) atoms. The highest BCUT2D eigenvalue weighted by molar-refractivity contribution is 5.92. The van der Waals surface area contributed by atoms with Gasteiger partial charge < -0.3 is 15.5 Å². The molecule has 3 N–H and O–H groups in total. The van der Waals surface area contributed by atoms with Crippen LogP contribution in [0, 0.1) is 0 Å². The lowest BCUT2D eigenvalue weighted by atomic mass is 9.89. The molecule has 1 aromatic carbocycles. The van der Waals surface area contributed by atoms with Crippen LogP contribution < -0.4 is 11.1 Å². The molecule has 4 nitrogen and oxygen atoms in total. The third-order valence-corrected chi connectivity index (χ3v) is 3.45. The third kappa shape index (κ3) is 2.59. The van der Waals surface area contributed by atoms with Crippen molar-refractivity contribution in [3.05, 3.63) is 60.2 Å². The van der Waals surface area contributed by atoms with Gasteiger partial charge in [0.05, 0.1) is 17.6 Å². The Morgan fingerprint density at radius 3 is 2.75 bits per heavy atom. The molecule has 1 aliphatic rings. The molecule has 0 unspecified atom stereocenters. The Labute approximate surface area is 117 Å². The Hall–Kier alpha value is -2.49. The van der Waals surface area contributed by atoms with Crippen LogP contribution in [0.3, 0.4) is 0 Å². The first-order valence-corrected chi connectivity index (χ1v) is 6.60. The van der Waals surface area contributed by atoms with Gasteiger partial charge in [-0.2, -0.15) is 0 Å². The van der Waals surface area contributed by atoms with E-state index >= 15 is 0 Å². The Kier molecular flexibility index (Phi) is 3.29. The Morgan fingerprint density at radius 2 is 2.00 bits per heavy atom. The fraction of sp³-hybridized carbons (Fsp3) is 0.188. The monoisotopic (exact) mass is 268 g/mol. The molecule has 1 aliphatic carbocycles. The number of para-hydroxylation sites is 2. The maximum absolute atomic E-state index is 11.9. The van der Waals surface area contributed by atoms with Crippen LogP contribution in [0.5, 0.6) is 0 Å². The third-order valence-electron chi connectivity index (χ3n) is 3.45. The Bertz CT molecular complexity index is 644. The molecule has 2 aromatic rings. The number of nitrogen functional groups attached to an aromatic ring is 1. The minimum absolute atomic E-state index is 0.0925. The summed E-state index contributed by atoms with van der Waals surface area (Å²) in [4.78, 5) is 11.9. The minimum Gasteiger partial charge on any atom is -0.469 e. The molecular formula is C16H16N2O2. The lowest BCUT2D eigenvalue weighted by Gasteiger charge is -2.22. The van der Waals surface area contributed by atoms with Gasteiger partial charge in [-0.05, 0) is 30.7 Å². The van der Waals surface area contributed by atoms with Crippen molar-refractivity contribution < 1.29 is 9.21 Å². The normalized spacial score (nSPS) is 18.7. The highest BCUT2D eigenvalue weighted by Crippen LogP contribution is 2.32. The van der Waals surface area contributed by atoms with E-state index in [9.17, 15) is 4.79 Å². The predicted octanol–water partition coefficient (Wildman–Crippen LogP) is 3.30. The molecule has 1 aromatic heterocycles. The van der Waals surface area contributed by atoms with E-state index in [1.165, 1.54) is 0 Å². The van der Waals surface area contributed by atoms with E-state index in [1.807, 2.05) is 36.4 Å². The molecule has 0 spiro atoms. The van der Waals surface area contributed by atoms with Crippen molar-refractivity contribution in [2.45, 2.75) is 18.8 Å². The number of anilines is 2. The van der Waals surface area contributed by atoms with Gasteiger partial charge in [-0.25, -0.2) is 0 Å². The smallest absolute Gasteiger partial charge is 0.158 e. The second-order valence-corrected chi connectivity index (χ2v) is 4.97. The van der Waals surface area contributed by atoms with Crippen LogP contribution in [0.25, 0.3) is 0 Å². The van der Waals surface area contributed by atoms with Crippen LogP contribution in [0.15, 0.2) is 58.9 Å². The van der Waals surface area contributed by atoms with Crippen LogP contribution in [-0.4, -0.2) is 5.78 Å². The van der Waals surface area contributed by atoms with Crippen LogP contribution in [0.2, 0.25) is 0 Å². The summed E-state index contributed by atoms with van der Waals surface area (Å²) in [6, 6.07) is 11.3. The van der Waals surface area contributed by atoms with Gasteiger partial charge in [-0.3, -0.25) is 4.79 Å². The van der Waals surface area contributed by atoms with Crippen LogP contribution >= 0.6 is 0 Å². The van der Waals surface area contributed by atoms with E-state index in [-0.39, 0.29) is 11.7 Å². The molecule has 0 radical (unpaired) electrons. The Balaban J connectivity index is 1.80. The van der Waals surface area contributed by atoms with E-state index in [4.69, 9.17) is 10.2 Å². The standard InChI is InChI=1S/C16H16N2O2/c17-14-4-1-2-5-15(14)18-12-8-11(9-13(19)10-12)16-6-3-7-20-16/h1-7,10-11,18H,8-9,17H2/t11-/m0/s1. The molecule has 1 atom stereocenters. The van der Waals surface area contributed by atoms with E-state index in [1.54, 1.807) is 12.3 Å². The summed E-state index contributed by atoms with van der Waals surface area (Å²) < 4.78 is 5.41. The topological polar surface area (TPSA) is 68.3 Å². The lowest BCUT2D eigenvalue weighted by molar-refractivity contribution is -0.115. The van der Waals surface area contributed by atoms with Gasteiger partial charge in [-0.1, -0.05) is 12.1 Å². The van der Waals surface area contributed by atoms with Gasteiger partial charge in [0.15, 0.2) is 5.78 Å². The second kappa shape index (κ2) is 5.25. The average Bonchev–Trinajstić information content (AvgIpc) is 2.95. The zero-order valence-corrected chi connectivity index (χ0v) is 11.0. The number of nitrogens with two attached hydrogens (primary N) is 1. The number of rotatable bonds is 3. The molecule has 0 bridgehead atoms. The van der Waals surface area contributed by atoms with Crippen LogP contribution in [-0.2, 0) is 4.79 Å². The van der Waals surface area contributed by atoms with Gasteiger partial charge in [-0.15, -0.1) is 0 Å². The van der Waals surface area contributed by atoms with Crippen LogP contribution in [0.1, 0.15) is 24.5 Å². The number of allylic oxidation sites excluding steroid dienone is 2. The molecule has 0 amide bonds. The molecule has 102 valence electrons. The second-order valence-electron chi connectivity index (χ2n) is 4.97. The SMILES string of the molecule is Nc1ccccc1NC1=CC(=O)C[C@@H](c2ccco2)C1. The van der Waals surface area contributed by atoms with Gasteiger partial charge >= 0.3 is 0 Å². The van der Waals surface area contributed by atoms with Crippen molar-refractivity contribution in [2.24, 2.45) is 0 Å². The number of carbonyl (C=O) groups is 1. The lowest BCUT2D eigenvalue weighted by Crippen LogP contribution is -2.16. The van der Waals surface area contributed by atoms with Gasteiger partial charge in [0.2, 0.25) is 0 Å². The summed E-state index contributed by atoms with van der Waals surface area (Å²) in [5, 5.41) is 3.25. The molecule has 1 heterocycles. The van der Waals surface area contributed by atoms with E-state index in [2.05, 4.69) is 5.32 Å². The maximum atomic E-state index is 11.9. The number of carbonyl (C=O) groups excluding carboxylic acids is 1. The highest BCUT2D eigenvalue weighted by atomic mass is 16.3. The molecule has 0 saturated heterocycles. The largest absolute Gasteiger partial charge is 0.469 e. The van der Waals surface area contributed by atoms with Crippen LogP contribution in [0.4, 0.5) is 11.4 Å². The predicted molar refractivity (Wildman–Crippen MR) is 78.3 cm³/mol. The number of ketones is 1. The van der Waals surface area contributed by atoms with E-state index < -0.39 is 0 Å². The van der Waals surface area contributed by atoms with E-state index in [0.29, 0.717) is 12.1 Å². The van der Waals surface area contributed by atoms with Crippen molar-refractivity contribution in [1.29, 1.82) is 0 Å². The van der Waals surface area contributed by atoms with Crippen molar-refractivity contribution in [1.82, 2.24) is 0 Å². The summed E-state index contributed by atoms with van der Waals surface area (Å²) >= 11 is 0. The molecule has 3 rings (SSSR count). The maximum Gasteiger partial charge on any atom is 0.158 e. The Morgan fingerprint density at radius 1 is 1.15 bits per heavy atom. The number of hydrogen-bond donors (Lipinski definition) is 2. The van der Waals surface area contributed by atoms with Crippen molar-refractivity contribution >= 4 is 17.2 Å². The van der Waals surface area contributed by atoms with Gasteiger partial charge in [0.25, 0.3) is 0 Å². The summed E-state index contributed by atoms with van der Waals surface area (Å²) in [7, 11) is 0. The fourth-order valence-corrected chi connectivity index (χ4v) is 2.49. The molecule has 4 heteroatoms. The summed E-state index contributed by atoms with van der Waals surface area (Å²) in [5.74, 6) is 1.05. The zero-order chi connectivity index (χ0) is 13.9. The first-order chi connectivity index (χ1) is 9.72. The average molecular weight is 268 g/mol. The first-order valence-electron chi connectivity index (χ1n) is 6.60. The number of benzene rings is 1. The van der Waals surface area contributed by atoms with Gasteiger partial charge in [0, 0.05) is 24.1 Å². The summed E-state index contributed by atoms with van der Waals surface area (Å²) in [5.41, 5.74) is 8.28. The molecule has 0 fully saturated rings. The van der Waals surface area contributed by atoms with Crippen molar-refractivity contribution in [3.63, 3.8) is 0 Å². The van der Waals surface area contributed by atoms with Crippen molar-refractivity contribution in [3.8, 4) is 0 Å². The number of nitrogens with one attached hydrogen (secondary N) is 1. The molecule has 0 aliphatic heterocycles. The fourth-order valence-electron chi connectivity index (χ4n) is 2.49. The van der Waals surface area contributed by atoms with Gasteiger partial charge in [0.1, 0.15) is 5.76 Å². The minimum atomic E-state index is 0.0925. The highest BCUT2D eigenvalue weighted by Gasteiger charge is 2.24. The molecular weight excluding hydrogens is 252 g/mol. The molecule has 0 saturated carbocycles. The van der Waals surface area contributed by atoms with Crippen molar-refractivity contribution in [2.75, 3.05) is 11.1 Å². The van der Waals surface area contributed by atoms with E-state index in [0.717, 1.165) is 23.6 Å². The summed E-state index contributed by atoms with van der Waals surface area (Å²) in [6.45, 7) is 0. The number of hydrogen-bond acceptors (Lipinski definition) is 4.